The van der Waals surface area contributed by atoms with Crippen molar-refractivity contribution in [1.29, 1.82) is 0 Å². The molecule has 7 heteroatoms. The number of nitrogens with one attached hydrogen (secondary N) is 3. The van der Waals surface area contributed by atoms with Gasteiger partial charge in [0, 0.05) is 31.8 Å². The standard InChI is InChI=1S/C24H18N4O2S/c29-22(14-25-24(30)15-6-2-1-3-7-15)27-18-10-17-13-26-28-23(17)19(12-18)21-11-16-8-4-5-9-20(16)31-21/h1-13H,14H2,(H,25,30)(H,26,28)(H,27,29). The van der Waals surface area contributed by atoms with E-state index in [4.69, 9.17) is 0 Å². The summed E-state index contributed by atoms with van der Waals surface area (Å²) < 4.78 is 1.20. The van der Waals surface area contributed by atoms with E-state index in [-0.39, 0.29) is 18.4 Å². The summed E-state index contributed by atoms with van der Waals surface area (Å²) in [5.41, 5.74) is 3.06. The molecule has 0 bridgehead atoms. The molecule has 3 aromatic carbocycles. The van der Waals surface area contributed by atoms with Gasteiger partial charge in [0.05, 0.1) is 18.3 Å². The molecule has 0 atom stereocenters. The van der Waals surface area contributed by atoms with E-state index in [0.29, 0.717) is 11.3 Å². The molecule has 5 aromatic rings. The number of benzene rings is 3. The van der Waals surface area contributed by atoms with Crippen molar-refractivity contribution in [2.75, 3.05) is 11.9 Å². The Labute approximate surface area is 181 Å². The number of fused-ring (bicyclic) bond motifs is 2. The molecule has 0 saturated carbocycles. The molecule has 2 aromatic heterocycles. The van der Waals surface area contributed by atoms with E-state index < -0.39 is 0 Å². The molecule has 2 amide bonds. The summed E-state index contributed by atoms with van der Waals surface area (Å²) in [7, 11) is 0. The fourth-order valence-corrected chi connectivity index (χ4v) is 4.58. The normalized spacial score (nSPS) is 11.0. The maximum atomic E-state index is 12.5. The SMILES string of the molecule is O=C(CNC(=O)c1ccccc1)Nc1cc(-c2cc3ccccc3s2)c2[nH]ncc2c1. The van der Waals surface area contributed by atoms with Gasteiger partial charge in [0.2, 0.25) is 5.91 Å². The third-order valence-corrected chi connectivity index (χ3v) is 6.12. The molecule has 5 rings (SSSR count). The average Bonchev–Trinajstić information content (AvgIpc) is 3.44. The summed E-state index contributed by atoms with van der Waals surface area (Å²) in [6, 6.07) is 23.0. The molecular formula is C24H18N4O2S. The first-order chi connectivity index (χ1) is 15.2. The van der Waals surface area contributed by atoms with Gasteiger partial charge >= 0.3 is 0 Å². The summed E-state index contributed by atoms with van der Waals surface area (Å²) in [6.07, 6.45) is 1.74. The van der Waals surface area contributed by atoms with Crippen molar-refractivity contribution in [2.45, 2.75) is 0 Å². The van der Waals surface area contributed by atoms with Gasteiger partial charge in [-0.25, -0.2) is 0 Å². The average molecular weight is 427 g/mol. The highest BCUT2D eigenvalue weighted by molar-refractivity contribution is 7.22. The third kappa shape index (κ3) is 3.91. The molecule has 0 aliphatic heterocycles. The van der Waals surface area contributed by atoms with Crippen LogP contribution in [0.15, 0.2) is 79.0 Å². The molecule has 6 nitrogen and oxygen atoms in total. The van der Waals surface area contributed by atoms with Gasteiger partial charge in [-0.1, -0.05) is 36.4 Å². The maximum Gasteiger partial charge on any atom is 0.251 e. The molecule has 0 saturated heterocycles. The van der Waals surface area contributed by atoms with Crippen molar-refractivity contribution in [3.63, 3.8) is 0 Å². The van der Waals surface area contributed by atoms with Crippen LogP contribution in [0.5, 0.6) is 0 Å². The number of anilines is 1. The van der Waals surface area contributed by atoms with E-state index in [1.807, 2.05) is 30.3 Å². The molecule has 2 heterocycles. The van der Waals surface area contributed by atoms with Gasteiger partial charge < -0.3 is 10.6 Å². The molecule has 0 radical (unpaired) electrons. The minimum atomic E-state index is -0.297. The van der Waals surface area contributed by atoms with E-state index in [2.05, 4.69) is 39.0 Å². The Morgan fingerprint density at radius 1 is 0.935 bits per heavy atom. The van der Waals surface area contributed by atoms with Crippen molar-refractivity contribution in [2.24, 2.45) is 0 Å². The van der Waals surface area contributed by atoms with E-state index in [1.165, 1.54) is 10.1 Å². The Morgan fingerprint density at radius 2 is 1.74 bits per heavy atom. The van der Waals surface area contributed by atoms with E-state index >= 15 is 0 Å². The van der Waals surface area contributed by atoms with Crippen LogP contribution < -0.4 is 10.6 Å². The Kier molecular flexibility index (Phi) is 4.93. The van der Waals surface area contributed by atoms with Gasteiger partial charge in [-0.3, -0.25) is 14.7 Å². The summed E-state index contributed by atoms with van der Waals surface area (Å²) >= 11 is 1.69. The minimum Gasteiger partial charge on any atom is -0.343 e. The van der Waals surface area contributed by atoms with Crippen LogP contribution in [0.3, 0.4) is 0 Å². The fraction of sp³-hybridized carbons (Fsp3) is 0.0417. The smallest absolute Gasteiger partial charge is 0.251 e. The molecule has 31 heavy (non-hydrogen) atoms. The third-order valence-electron chi connectivity index (χ3n) is 4.97. The van der Waals surface area contributed by atoms with Crippen molar-refractivity contribution in [3.8, 4) is 10.4 Å². The van der Waals surface area contributed by atoms with Crippen LogP contribution >= 0.6 is 11.3 Å². The zero-order valence-electron chi connectivity index (χ0n) is 16.4. The monoisotopic (exact) mass is 426 g/mol. The lowest BCUT2D eigenvalue weighted by atomic mass is 10.1. The topological polar surface area (TPSA) is 86.9 Å². The summed E-state index contributed by atoms with van der Waals surface area (Å²) in [5, 5.41) is 14.8. The molecule has 3 N–H and O–H groups in total. The zero-order chi connectivity index (χ0) is 21.2. The number of aromatic amines is 1. The predicted molar refractivity (Wildman–Crippen MR) is 124 cm³/mol. The summed E-state index contributed by atoms with van der Waals surface area (Å²) in [6.45, 7) is -0.116. The van der Waals surface area contributed by atoms with Crippen LogP contribution in [-0.4, -0.2) is 28.6 Å². The van der Waals surface area contributed by atoms with Gasteiger partial charge in [-0.2, -0.15) is 5.10 Å². The van der Waals surface area contributed by atoms with Crippen molar-refractivity contribution >= 4 is 49.8 Å². The van der Waals surface area contributed by atoms with Crippen molar-refractivity contribution < 1.29 is 9.59 Å². The number of hydrogen-bond acceptors (Lipinski definition) is 4. The molecule has 0 aliphatic carbocycles. The van der Waals surface area contributed by atoms with Crippen LogP contribution in [0.2, 0.25) is 0 Å². The second kappa shape index (κ2) is 8.04. The quantitative estimate of drug-likeness (QED) is 0.377. The summed E-state index contributed by atoms with van der Waals surface area (Å²) in [4.78, 5) is 25.7. The number of carbonyl (C=O) groups is 2. The minimum absolute atomic E-state index is 0.116. The number of nitrogens with zero attached hydrogens (tertiary/aromatic N) is 1. The van der Waals surface area contributed by atoms with Crippen molar-refractivity contribution in [3.05, 3.63) is 84.6 Å². The van der Waals surface area contributed by atoms with Crippen LogP contribution in [-0.2, 0) is 4.79 Å². The summed E-state index contributed by atoms with van der Waals surface area (Å²) in [5.74, 6) is -0.582. The van der Waals surface area contributed by atoms with Gasteiger partial charge in [0.1, 0.15) is 0 Å². The maximum absolute atomic E-state index is 12.5. The first-order valence-corrected chi connectivity index (χ1v) is 10.6. The van der Waals surface area contributed by atoms with Crippen molar-refractivity contribution in [1.82, 2.24) is 15.5 Å². The number of amides is 2. The first kappa shape index (κ1) is 19.0. The second-order valence-corrected chi connectivity index (χ2v) is 8.19. The largest absolute Gasteiger partial charge is 0.343 e. The lowest BCUT2D eigenvalue weighted by Crippen LogP contribution is -2.32. The number of aromatic nitrogens is 2. The van der Waals surface area contributed by atoms with Crippen LogP contribution in [0, 0.1) is 0 Å². The van der Waals surface area contributed by atoms with Gasteiger partial charge in [-0.05, 0) is 41.8 Å². The number of rotatable bonds is 5. The molecule has 0 spiro atoms. The fourth-order valence-electron chi connectivity index (χ4n) is 3.50. The number of hydrogen-bond donors (Lipinski definition) is 3. The lowest BCUT2D eigenvalue weighted by molar-refractivity contribution is -0.115. The highest BCUT2D eigenvalue weighted by atomic mass is 32.1. The first-order valence-electron chi connectivity index (χ1n) is 9.76. The molecular weight excluding hydrogens is 408 g/mol. The van der Waals surface area contributed by atoms with Crippen LogP contribution in [0.1, 0.15) is 10.4 Å². The number of carbonyl (C=O) groups excluding carboxylic acids is 2. The predicted octanol–water partition coefficient (Wildman–Crippen LogP) is 4.81. The Morgan fingerprint density at radius 3 is 2.58 bits per heavy atom. The van der Waals surface area contributed by atoms with Crippen LogP contribution in [0.25, 0.3) is 31.4 Å². The molecule has 0 aliphatic rings. The lowest BCUT2D eigenvalue weighted by Gasteiger charge is -2.09. The second-order valence-electron chi connectivity index (χ2n) is 7.10. The van der Waals surface area contributed by atoms with E-state index in [9.17, 15) is 9.59 Å². The van der Waals surface area contributed by atoms with Crippen LogP contribution in [0.4, 0.5) is 5.69 Å². The Hall–Kier alpha value is -3.97. The number of H-pyrrole nitrogens is 1. The van der Waals surface area contributed by atoms with Gasteiger partial charge in [0.15, 0.2) is 0 Å². The molecule has 152 valence electrons. The number of thiophene rings is 1. The van der Waals surface area contributed by atoms with E-state index in [1.54, 1.807) is 41.8 Å². The van der Waals surface area contributed by atoms with E-state index in [0.717, 1.165) is 21.3 Å². The van der Waals surface area contributed by atoms with Gasteiger partial charge in [0.25, 0.3) is 5.91 Å². The highest BCUT2D eigenvalue weighted by Crippen LogP contribution is 2.38. The zero-order valence-corrected chi connectivity index (χ0v) is 17.2. The molecule has 0 fully saturated rings. The highest BCUT2D eigenvalue weighted by Gasteiger charge is 2.13. The Bertz CT molecular complexity index is 1370. The van der Waals surface area contributed by atoms with Gasteiger partial charge in [-0.15, -0.1) is 11.3 Å². The Balaban J connectivity index is 1.38. The molecule has 0 unspecified atom stereocenters.